The van der Waals surface area contributed by atoms with Crippen molar-refractivity contribution < 1.29 is 10.2 Å². The summed E-state index contributed by atoms with van der Waals surface area (Å²) >= 11 is 0. The van der Waals surface area contributed by atoms with E-state index in [2.05, 4.69) is 18.1 Å². The molecule has 0 aliphatic heterocycles. The third kappa shape index (κ3) is 0.815. The average Bonchev–Trinajstić information content (AvgIpc) is 1.93. The van der Waals surface area contributed by atoms with E-state index in [9.17, 15) is 0 Å². The third-order valence-corrected chi connectivity index (χ3v) is 1.23. The molecule has 1 aromatic rings. The van der Waals surface area contributed by atoms with Gasteiger partial charge in [0.1, 0.15) is 0 Å². The minimum Gasteiger partial charge on any atom is -0.503 e. The molecule has 0 saturated carbocycles. The van der Waals surface area contributed by atoms with E-state index >= 15 is 0 Å². The summed E-state index contributed by atoms with van der Waals surface area (Å²) in [6.07, 6.45) is 1.34. The molecule has 1 rings (SSSR count). The van der Waals surface area contributed by atoms with Crippen LogP contribution in [-0.2, 0) is 0 Å². The van der Waals surface area contributed by atoms with Crippen molar-refractivity contribution in [3.8, 4) is 11.6 Å². The Hall–Kier alpha value is -1.51. The molecular formula is C7H7NO2. The van der Waals surface area contributed by atoms with Crippen LogP contribution in [0.15, 0.2) is 6.20 Å². The molecule has 0 aromatic carbocycles. The molecule has 0 saturated heterocycles. The van der Waals surface area contributed by atoms with Crippen LogP contribution in [0.25, 0.3) is 13.2 Å². The second-order valence-corrected chi connectivity index (χ2v) is 1.93. The van der Waals surface area contributed by atoms with E-state index in [1.807, 2.05) is 0 Å². The number of hydrogen-bond acceptors (Lipinski definition) is 3. The molecule has 0 radical (unpaired) electrons. The van der Waals surface area contributed by atoms with Gasteiger partial charge in [0.15, 0.2) is 5.75 Å². The van der Waals surface area contributed by atoms with E-state index in [0.29, 0.717) is 10.4 Å². The summed E-state index contributed by atoms with van der Waals surface area (Å²) in [5, 5.41) is 18.6. The van der Waals surface area contributed by atoms with Gasteiger partial charge in [-0.15, -0.1) is 0 Å². The molecule has 0 amide bonds. The molecular weight excluding hydrogens is 130 g/mol. The molecule has 0 atom stereocenters. The van der Waals surface area contributed by atoms with Gasteiger partial charge in [0.2, 0.25) is 0 Å². The quantitative estimate of drug-likeness (QED) is 0.498. The minimum atomic E-state index is -0.405. The largest absolute Gasteiger partial charge is 0.503 e. The van der Waals surface area contributed by atoms with E-state index in [0.717, 1.165) is 0 Å². The smallest absolute Gasteiger partial charge is 0.254 e. The molecule has 0 spiro atoms. The van der Waals surface area contributed by atoms with E-state index < -0.39 is 5.88 Å². The highest BCUT2D eigenvalue weighted by atomic mass is 16.3. The summed E-state index contributed by atoms with van der Waals surface area (Å²) in [7, 11) is 0. The Morgan fingerprint density at radius 2 is 1.90 bits per heavy atom. The predicted molar refractivity (Wildman–Crippen MR) is 37.9 cm³/mol. The SMILES string of the molecule is C=c1cnc(O)c(O)c1=C. The molecule has 0 aliphatic rings. The van der Waals surface area contributed by atoms with E-state index in [1.165, 1.54) is 6.20 Å². The van der Waals surface area contributed by atoms with Crippen LogP contribution in [-0.4, -0.2) is 15.2 Å². The van der Waals surface area contributed by atoms with Crippen LogP contribution >= 0.6 is 0 Å². The van der Waals surface area contributed by atoms with Gasteiger partial charge >= 0.3 is 0 Å². The average molecular weight is 137 g/mol. The Morgan fingerprint density at radius 1 is 1.30 bits per heavy atom. The monoisotopic (exact) mass is 137 g/mol. The zero-order chi connectivity index (χ0) is 7.72. The first-order valence-corrected chi connectivity index (χ1v) is 2.67. The van der Waals surface area contributed by atoms with Crippen LogP contribution in [0.3, 0.4) is 0 Å². The van der Waals surface area contributed by atoms with Crippen molar-refractivity contribution in [2.75, 3.05) is 0 Å². The van der Waals surface area contributed by atoms with Crippen LogP contribution in [0.5, 0.6) is 11.6 Å². The Bertz CT molecular complexity index is 345. The zero-order valence-electron chi connectivity index (χ0n) is 5.33. The number of nitrogens with zero attached hydrogens (tertiary/aromatic N) is 1. The molecule has 1 aromatic heterocycles. The minimum absolute atomic E-state index is 0.299. The lowest BCUT2D eigenvalue weighted by atomic mass is 10.3. The first-order valence-electron chi connectivity index (χ1n) is 2.67. The van der Waals surface area contributed by atoms with Crippen molar-refractivity contribution in [1.29, 1.82) is 0 Å². The van der Waals surface area contributed by atoms with Gasteiger partial charge in [-0.3, -0.25) is 0 Å². The molecule has 0 bridgehead atoms. The molecule has 1 heterocycles. The Balaban J connectivity index is 3.66. The molecule has 3 heteroatoms. The van der Waals surface area contributed by atoms with Crippen molar-refractivity contribution in [3.05, 3.63) is 16.6 Å². The fourth-order valence-corrected chi connectivity index (χ4v) is 0.565. The summed E-state index contributed by atoms with van der Waals surface area (Å²) in [6.45, 7) is 6.99. The van der Waals surface area contributed by atoms with Crippen molar-refractivity contribution in [1.82, 2.24) is 4.98 Å². The third-order valence-electron chi connectivity index (χ3n) is 1.23. The molecule has 0 unspecified atom stereocenters. The Labute approximate surface area is 57.6 Å². The molecule has 10 heavy (non-hydrogen) atoms. The maximum atomic E-state index is 8.97. The molecule has 3 nitrogen and oxygen atoms in total. The Morgan fingerprint density at radius 3 is 2.40 bits per heavy atom. The summed E-state index contributed by atoms with van der Waals surface area (Å²) < 4.78 is 0. The van der Waals surface area contributed by atoms with Gasteiger partial charge in [0.05, 0.1) is 0 Å². The highest BCUT2D eigenvalue weighted by molar-refractivity contribution is 5.34. The van der Waals surface area contributed by atoms with E-state index in [1.54, 1.807) is 0 Å². The lowest BCUT2D eigenvalue weighted by Gasteiger charge is -1.94. The normalized spacial score (nSPS) is 9.60. The number of hydrogen-bond donors (Lipinski definition) is 2. The van der Waals surface area contributed by atoms with Crippen molar-refractivity contribution in [2.45, 2.75) is 0 Å². The van der Waals surface area contributed by atoms with Gasteiger partial charge in [-0.2, -0.15) is 0 Å². The first-order chi connectivity index (χ1) is 4.63. The van der Waals surface area contributed by atoms with Crippen LogP contribution in [0, 0.1) is 0 Å². The van der Waals surface area contributed by atoms with Crippen molar-refractivity contribution >= 4 is 13.2 Å². The number of rotatable bonds is 0. The summed E-state index contributed by atoms with van der Waals surface area (Å²) in [5.41, 5.74) is 0. The van der Waals surface area contributed by atoms with Crippen LogP contribution < -0.4 is 10.4 Å². The van der Waals surface area contributed by atoms with Gasteiger partial charge in [-0.05, 0) is 5.22 Å². The van der Waals surface area contributed by atoms with Crippen LogP contribution in [0.2, 0.25) is 0 Å². The zero-order valence-corrected chi connectivity index (χ0v) is 5.33. The fourth-order valence-electron chi connectivity index (χ4n) is 0.565. The molecule has 52 valence electrons. The summed E-state index contributed by atoms with van der Waals surface area (Å²) in [6, 6.07) is 0. The highest BCUT2D eigenvalue weighted by Gasteiger charge is 1.98. The van der Waals surface area contributed by atoms with Crippen LogP contribution in [0.1, 0.15) is 0 Å². The second-order valence-electron chi connectivity index (χ2n) is 1.93. The van der Waals surface area contributed by atoms with E-state index in [-0.39, 0.29) is 5.75 Å². The summed E-state index contributed by atoms with van der Waals surface area (Å²) in [4.78, 5) is 3.44. The van der Waals surface area contributed by atoms with Crippen molar-refractivity contribution in [3.63, 3.8) is 0 Å². The standard InChI is InChI=1S/C7H7NO2/c1-4-3-8-7(10)6(9)5(4)2/h3,9-10H,1-2H2. The molecule has 0 fully saturated rings. The van der Waals surface area contributed by atoms with Gasteiger partial charge < -0.3 is 10.2 Å². The predicted octanol–water partition coefficient (Wildman–Crippen LogP) is -0.687. The van der Waals surface area contributed by atoms with Crippen LogP contribution in [0.4, 0.5) is 0 Å². The number of aromatic hydroxyl groups is 2. The number of pyridine rings is 1. The van der Waals surface area contributed by atoms with Gasteiger partial charge in [0.25, 0.3) is 5.88 Å². The summed E-state index contributed by atoms with van der Waals surface area (Å²) in [5.74, 6) is -0.704. The fraction of sp³-hybridized carbons (Fsp3) is 0. The maximum Gasteiger partial charge on any atom is 0.254 e. The molecule has 2 N–H and O–H groups in total. The lowest BCUT2D eigenvalue weighted by Crippen LogP contribution is -2.21. The number of aromatic nitrogens is 1. The van der Waals surface area contributed by atoms with E-state index in [4.69, 9.17) is 10.2 Å². The highest BCUT2D eigenvalue weighted by Crippen LogP contribution is 2.11. The second kappa shape index (κ2) is 2.02. The lowest BCUT2D eigenvalue weighted by molar-refractivity contribution is 0.385. The topological polar surface area (TPSA) is 53.4 Å². The molecule has 0 aliphatic carbocycles. The van der Waals surface area contributed by atoms with Crippen molar-refractivity contribution in [2.24, 2.45) is 0 Å². The maximum absolute atomic E-state index is 8.97. The van der Waals surface area contributed by atoms with Gasteiger partial charge in [-0.25, -0.2) is 4.98 Å². The van der Waals surface area contributed by atoms with Gasteiger partial charge in [0, 0.05) is 11.4 Å². The first kappa shape index (κ1) is 6.61. The Kier molecular flexibility index (Phi) is 1.34. The van der Waals surface area contributed by atoms with Gasteiger partial charge in [-0.1, -0.05) is 13.2 Å².